The number of hydrogen-bond acceptors (Lipinski definition) is 6. The normalized spacial score (nSPS) is 10.3. The van der Waals surface area contributed by atoms with Crippen molar-refractivity contribution in [3.63, 3.8) is 0 Å². The second-order valence-corrected chi connectivity index (χ2v) is 5.60. The highest BCUT2D eigenvalue weighted by atomic mass is 32.1. The van der Waals surface area contributed by atoms with E-state index in [1.165, 1.54) is 0 Å². The van der Waals surface area contributed by atoms with Crippen molar-refractivity contribution in [2.24, 2.45) is 0 Å². The standard InChI is InChI=1S/C16H20N4O3S/c1-4-5-8-22-13-7-6-12(9-17-13)18-16(24)19-15(21)14-10(2)20-23-11(14)3/h6-7,9H,4-5,8H2,1-3H3,(H2,18,19,21,24). The molecule has 0 aliphatic heterocycles. The van der Waals surface area contributed by atoms with Crippen LogP contribution in [0, 0.1) is 13.8 Å². The molecular formula is C16H20N4O3S. The molecule has 0 atom stereocenters. The number of ether oxygens (including phenoxy) is 1. The molecule has 0 saturated heterocycles. The summed E-state index contributed by atoms with van der Waals surface area (Å²) in [6, 6.07) is 3.53. The highest BCUT2D eigenvalue weighted by molar-refractivity contribution is 7.80. The van der Waals surface area contributed by atoms with Crippen LogP contribution in [-0.4, -0.2) is 27.8 Å². The zero-order valence-electron chi connectivity index (χ0n) is 13.9. The monoisotopic (exact) mass is 348 g/mol. The Bertz CT molecular complexity index is 693. The Labute approximate surface area is 145 Å². The first-order valence-corrected chi connectivity index (χ1v) is 8.06. The van der Waals surface area contributed by atoms with Crippen LogP contribution in [0.25, 0.3) is 0 Å². The molecule has 0 aromatic carbocycles. The van der Waals surface area contributed by atoms with Crippen LogP contribution in [0.15, 0.2) is 22.9 Å². The highest BCUT2D eigenvalue weighted by Gasteiger charge is 2.18. The summed E-state index contributed by atoms with van der Waals surface area (Å²) in [4.78, 5) is 16.4. The van der Waals surface area contributed by atoms with E-state index in [1.54, 1.807) is 32.2 Å². The number of unbranched alkanes of at least 4 members (excludes halogenated alkanes) is 1. The fourth-order valence-corrected chi connectivity index (χ4v) is 2.21. The Hall–Kier alpha value is -2.48. The number of pyridine rings is 1. The molecule has 7 nitrogen and oxygen atoms in total. The van der Waals surface area contributed by atoms with E-state index >= 15 is 0 Å². The van der Waals surface area contributed by atoms with Gasteiger partial charge in [-0.05, 0) is 38.6 Å². The van der Waals surface area contributed by atoms with Crippen molar-refractivity contribution in [2.45, 2.75) is 33.6 Å². The minimum atomic E-state index is -0.365. The van der Waals surface area contributed by atoms with Gasteiger partial charge in [0.1, 0.15) is 11.3 Å². The third-order valence-corrected chi connectivity index (χ3v) is 3.43. The van der Waals surface area contributed by atoms with Crippen LogP contribution >= 0.6 is 12.2 Å². The number of hydrogen-bond donors (Lipinski definition) is 2. The maximum Gasteiger partial charge on any atom is 0.262 e. The first-order chi connectivity index (χ1) is 11.5. The Balaban J connectivity index is 1.89. The molecule has 2 aromatic rings. The summed E-state index contributed by atoms with van der Waals surface area (Å²) >= 11 is 5.14. The molecule has 0 saturated carbocycles. The van der Waals surface area contributed by atoms with Gasteiger partial charge in [-0.15, -0.1) is 0 Å². The van der Waals surface area contributed by atoms with Crippen molar-refractivity contribution in [2.75, 3.05) is 11.9 Å². The summed E-state index contributed by atoms with van der Waals surface area (Å²) in [5.74, 6) is 0.638. The van der Waals surface area contributed by atoms with Crippen LogP contribution in [0.4, 0.5) is 5.69 Å². The number of rotatable bonds is 6. The molecule has 24 heavy (non-hydrogen) atoms. The highest BCUT2D eigenvalue weighted by Crippen LogP contribution is 2.13. The summed E-state index contributed by atoms with van der Waals surface area (Å²) in [5, 5.41) is 9.40. The lowest BCUT2D eigenvalue weighted by Crippen LogP contribution is -2.34. The van der Waals surface area contributed by atoms with E-state index in [0.717, 1.165) is 12.8 Å². The van der Waals surface area contributed by atoms with Gasteiger partial charge in [-0.25, -0.2) is 4.98 Å². The van der Waals surface area contributed by atoms with Crippen molar-refractivity contribution in [3.8, 4) is 5.88 Å². The molecule has 0 aliphatic rings. The first kappa shape index (κ1) is 17.9. The van der Waals surface area contributed by atoms with Crippen molar-refractivity contribution < 1.29 is 14.1 Å². The lowest BCUT2D eigenvalue weighted by atomic mass is 10.2. The molecule has 0 bridgehead atoms. The van der Waals surface area contributed by atoms with Crippen molar-refractivity contribution in [3.05, 3.63) is 35.3 Å². The predicted octanol–water partition coefficient (Wildman–Crippen LogP) is 2.99. The number of anilines is 1. The van der Waals surface area contributed by atoms with Gasteiger partial charge in [0.25, 0.3) is 5.91 Å². The average molecular weight is 348 g/mol. The zero-order valence-corrected chi connectivity index (χ0v) is 14.7. The van der Waals surface area contributed by atoms with Gasteiger partial charge in [-0.1, -0.05) is 18.5 Å². The smallest absolute Gasteiger partial charge is 0.262 e. The Morgan fingerprint density at radius 3 is 2.75 bits per heavy atom. The second kappa shape index (κ2) is 8.39. The molecule has 0 spiro atoms. The molecule has 0 fully saturated rings. The number of nitrogens with zero attached hydrogens (tertiary/aromatic N) is 2. The van der Waals surface area contributed by atoms with Crippen molar-refractivity contribution >= 4 is 28.9 Å². The van der Waals surface area contributed by atoms with E-state index in [9.17, 15) is 4.79 Å². The number of aromatic nitrogens is 2. The summed E-state index contributed by atoms with van der Waals surface area (Å²) in [6.07, 6.45) is 3.65. The number of amides is 1. The van der Waals surface area contributed by atoms with Crippen LogP contribution in [0.5, 0.6) is 5.88 Å². The largest absolute Gasteiger partial charge is 0.478 e. The summed E-state index contributed by atoms with van der Waals surface area (Å²) in [7, 11) is 0. The Morgan fingerprint density at radius 1 is 1.38 bits per heavy atom. The quantitative estimate of drug-likeness (QED) is 0.613. The van der Waals surface area contributed by atoms with Crippen LogP contribution < -0.4 is 15.4 Å². The van der Waals surface area contributed by atoms with Crippen molar-refractivity contribution in [1.82, 2.24) is 15.5 Å². The van der Waals surface area contributed by atoms with Gasteiger partial charge in [0.05, 0.1) is 24.2 Å². The molecular weight excluding hydrogens is 328 g/mol. The van der Waals surface area contributed by atoms with Gasteiger partial charge in [0.2, 0.25) is 5.88 Å². The van der Waals surface area contributed by atoms with Crippen LogP contribution in [-0.2, 0) is 0 Å². The van der Waals surface area contributed by atoms with E-state index < -0.39 is 0 Å². The van der Waals surface area contributed by atoms with Gasteiger partial charge in [0.15, 0.2) is 5.11 Å². The number of nitrogens with one attached hydrogen (secondary N) is 2. The second-order valence-electron chi connectivity index (χ2n) is 5.19. The van der Waals surface area contributed by atoms with E-state index in [1.807, 2.05) is 0 Å². The van der Waals surface area contributed by atoms with E-state index in [-0.39, 0.29) is 11.0 Å². The Morgan fingerprint density at radius 2 is 2.17 bits per heavy atom. The maximum atomic E-state index is 12.2. The van der Waals surface area contributed by atoms with Crippen LogP contribution in [0.3, 0.4) is 0 Å². The average Bonchev–Trinajstić information content (AvgIpc) is 2.88. The van der Waals surface area contributed by atoms with E-state index in [2.05, 4.69) is 27.7 Å². The minimum absolute atomic E-state index is 0.168. The summed E-state index contributed by atoms with van der Waals surface area (Å²) in [5.41, 5.74) is 1.56. The van der Waals surface area contributed by atoms with Gasteiger partial charge < -0.3 is 14.6 Å². The van der Waals surface area contributed by atoms with Crippen molar-refractivity contribution in [1.29, 1.82) is 0 Å². The molecule has 0 unspecified atom stereocenters. The topological polar surface area (TPSA) is 89.3 Å². The molecule has 2 rings (SSSR count). The zero-order chi connectivity index (χ0) is 17.5. The molecule has 0 radical (unpaired) electrons. The number of carbonyl (C=O) groups is 1. The van der Waals surface area contributed by atoms with E-state index in [4.69, 9.17) is 21.5 Å². The summed E-state index contributed by atoms with van der Waals surface area (Å²) < 4.78 is 10.5. The predicted molar refractivity (Wildman–Crippen MR) is 94.3 cm³/mol. The van der Waals surface area contributed by atoms with E-state index in [0.29, 0.717) is 35.2 Å². The number of carbonyl (C=O) groups excluding carboxylic acids is 1. The molecule has 8 heteroatoms. The minimum Gasteiger partial charge on any atom is -0.478 e. The molecule has 0 aliphatic carbocycles. The van der Waals surface area contributed by atoms with Crippen LogP contribution in [0.2, 0.25) is 0 Å². The van der Waals surface area contributed by atoms with Gasteiger partial charge >= 0.3 is 0 Å². The van der Waals surface area contributed by atoms with Gasteiger partial charge in [-0.3, -0.25) is 10.1 Å². The molecule has 128 valence electrons. The maximum absolute atomic E-state index is 12.2. The summed E-state index contributed by atoms with van der Waals surface area (Å²) in [6.45, 7) is 6.11. The van der Waals surface area contributed by atoms with Gasteiger partial charge in [0, 0.05) is 6.07 Å². The number of aryl methyl sites for hydroxylation is 2. The first-order valence-electron chi connectivity index (χ1n) is 7.65. The third kappa shape index (κ3) is 4.76. The fraction of sp³-hybridized carbons (Fsp3) is 0.375. The number of thiocarbonyl (C=S) groups is 1. The van der Waals surface area contributed by atoms with Gasteiger partial charge in [-0.2, -0.15) is 0 Å². The van der Waals surface area contributed by atoms with Crippen LogP contribution in [0.1, 0.15) is 41.6 Å². The lowest BCUT2D eigenvalue weighted by Gasteiger charge is -2.10. The molecule has 1 amide bonds. The fourth-order valence-electron chi connectivity index (χ4n) is 2.00. The molecule has 2 heterocycles. The SMILES string of the molecule is CCCCOc1ccc(NC(=S)NC(=O)c2c(C)noc2C)cn1. The third-order valence-electron chi connectivity index (χ3n) is 3.23. The molecule has 2 aromatic heterocycles. The lowest BCUT2D eigenvalue weighted by molar-refractivity contribution is 0.0976. The Kier molecular flexibility index (Phi) is 6.25. The molecule has 2 N–H and O–H groups in total.